The van der Waals surface area contributed by atoms with Gasteiger partial charge >= 0.3 is 0 Å². The summed E-state index contributed by atoms with van der Waals surface area (Å²) in [6, 6.07) is 14.4. The van der Waals surface area contributed by atoms with E-state index in [-0.39, 0.29) is 5.56 Å². The van der Waals surface area contributed by atoms with Crippen molar-refractivity contribution in [2.75, 3.05) is 28.4 Å². The van der Waals surface area contributed by atoms with E-state index in [1.165, 1.54) is 12.3 Å². The number of aromatic amines is 1. The summed E-state index contributed by atoms with van der Waals surface area (Å²) in [5.41, 5.74) is 1.87. The molecule has 1 N–H and O–H groups in total. The third kappa shape index (κ3) is 7.44. The molecule has 0 atom stereocenters. The van der Waals surface area contributed by atoms with Gasteiger partial charge in [-0.1, -0.05) is 23.7 Å². The van der Waals surface area contributed by atoms with Gasteiger partial charge in [0.1, 0.15) is 16.8 Å². The molecule has 10 heteroatoms. The summed E-state index contributed by atoms with van der Waals surface area (Å²) in [5, 5.41) is 0.445. The fourth-order valence-corrected chi connectivity index (χ4v) is 3.47. The van der Waals surface area contributed by atoms with E-state index in [9.17, 15) is 4.79 Å². The quantitative estimate of drug-likeness (QED) is 0.353. The van der Waals surface area contributed by atoms with Gasteiger partial charge in [-0.05, 0) is 41.5 Å². The summed E-state index contributed by atoms with van der Waals surface area (Å²) in [6.07, 6.45) is 4.28. The predicted molar refractivity (Wildman–Crippen MR) is 137 cm³/mol. The van der Waals surface area contributed by atoms with Gasteiger partial charge in [0.05, 0.1) is 28.4 Å². The van der Waals surface area contributed by atoms with E-state index in [4.69, 9.17) is 30.5 Å². The maximum atomic E-state index is 11.2. The van der Waals surface area contributed by atoms with Crippen molar-refractivity contribution >= 4 is 11.6 Å². The minimum Gasteiger partial charge on any atom is -0.493 e. The maximum absolute atomic E-state index is 11.2. The Bertz CT molecular complexity index is 1350. The first-order valence-corrected chi connectivity index (χ1v) is 11.3. The molecule has 4 aromatic rings. The molecule has 36 heavy (non-hydrogen) atoms. The Morgan fingerprint density at radius 1 is 0.722 bits per heavy atom. The second-order valence-electron chi connectivity index (χ2n) is 7.41. The SMILES string of the molecule is COc1ccc(Cc2nccc(=O)[nH]2)cc1OC.COc1ccc(Cc2nccc(Cl)n2)cc1OC. The predicted octanol–water partition coefficient (Wildman–Crippen LogP) is 4.12. The highest BCUT2D eigenvalue weighted by Crippen LogP contribution is 2.29. The average molecular weight is 511 g/mol. The van der Waals surface area contributed by atoms with Crippen LogP contribution in [0.4, 0.5) is 0 Å². The Hall–Kier alpha value is -4.11. The van der Waals surface area contributed by atoms with Crippen LogP contribution in [-0.4, -0.2) is 48.4 Å². The molecule has 4 rings (SSSR count). The largest absolute Gasteiger partial charge is 0.493 e. The third-order valence-corrected chi connectivity index (χ3v) is 5.24. The van der Waals surface area contributed by atoms with Gasteiger partial charge in [-0.15, -0.1) is 0 Å². The molecule has 2 aromatic carbocycles. The van der Waals surface area contributed by atoms with Crippen molar-refractivity contribution in [2.24, 2.45) is 0 Å². The van der Waals surface area contributed by atoms with E-state index in [2.05, 4.69) is 19.9 Å². The molecular formula is C26H27ClN4O5. The number of methoxy groups -OCH3 is 4. The molecule has 0 spiro atoms. The zero-order chi connectivity index (χ0) is 25.9. The lowest BCUT2D eigenvalue weighted by atomic mass is 10.1. The van der Waals surface area contributed by atoms with Crippen molar-refractivity contribution in [3.8, 4) is 23.0 Å². The average Bonchev–Trinajstić information content (AvgIpc) is 2.89. The molecule has 0 radical (unpaired) electrons. The van der Waals surface area contributed by atoms with Crippen LogP contribution >= 0.6 is 11.6 Å². The summed E-state index contributed by atoms with van der Waals surface area (Å²) >= 11 is 5.82. The number of halogens is 1. The molecule has 0 fully saturated rings. The van der Waals surface area contributed by atoms with Crippen molar-refractivity contribution in [1.29, 1.82) is 0 Å². The molecule has 0 saturated heterocycles. The minimum atomic E-state index is -0.152. The van der Waals surface area contributed by atoms with Crippen LogP contribution in [0.25, 0.3) is 0 Å². The van der Waals surface area contributed by atoms with Crippen LogP contribution in [0.15, 0.2) is 65.7 Å². The van der Waals surface area contributed by atoms with Crippen molar-refractivity contribution in [3.05, 3.63) is 99.2 Å². The summed E-state index contributed by atoms with van der Waals surface area (Å²) in [6.45, 7) is 0. The van der Waals surface area contributed by atoms with Gasteiger partial charge in [0.2, 0.25) is 0 Å². The molecular weight excluding hydrogens is 484 g/mol. The van der Waals surface area contributed by atoms with Crippen molar-refractivity contribution in [2.45, 2.75) is 12.8 Å². The molecule has 0 aliphatic carbocycles. The van der Waals surface area contributed by atoms with Gasteiger partial charge in [0, 0.05) is 31.3 Å². The van der Waals surface area contributed by atoms with Crippen LogP contribution in [0.3, 0.4) is 0 Å². The van der Waals surface area contributed by atoms with Crippen LogP contribution in [0.5, 0.6) is 23.0 Å². The Morgan fingerprint density at radius 2 is 1.28 bits per heavy atom. The number of H-pyrrole nitrogens is 1. The van der Waals surface area contributed by atoms with Crippen LogP contribution < -0.4 is 24.5 Å². The third-order valence-electron chi connectivity index (χ3n) is 5.02. The monoisotopic (exact) mass is 510 g/mol. The van der Waals surface area contributed by atoms with Gasteiger partial charge in [-0.2, -0.15) is 0 Å². The number of hydrogen-bond acceptors (Lipinski definition) is 8. The zero-order valence-corrected chi connectivity index (χ0v) is 21.2. The Labute approximate surface area is 214 Å². The van der Waals surface area contributed by atoms with Crippen LogP contribution in [0, 0.1) is 0 Å². The molecule has 0 aliphatic heterocycles. The van der Waals surface area contributed by atoms with E-state index in [0.717, 1.165) is 11.1 Å². The molecule has 9 nitrogen and oxygen atoms in total. The molecule has 2 heterocycles. The van der Waals surface area contributed by atoms with Crippen LogP contribution in [-0.2, 0) is 12.8 Å². The van der Waals surface area contributed by atoms with Crippen molar-refractivity contribution in [1.82, 2.24) is 19.9 Å². The molecule has 0 amide bonds. The van der Waals surface area contributed by atoms with Gasteiger partial charge in [0.15, 0.2) is 23.0 Å². The lowest BCUT2D eigenvalue weighted by Gasteiger charge is -2.09. The highest BCUT2D eigenvalue weighted by atomic mass is 35.5. The Morgan fingerprint density at radius 3 is 1.81 bits per heavy atom. The number of aromatic nitrogens is 4. The second-order valence-corrected chi connectivity index (χ2v) is 7.80. The fourth-order valence-electron chi connectivity index (χ4n) is 3.32. The summed E-state index contributed by atoms with van der Waals surface area (Å²) in [5.74, 6) is 4.03. The Balaban J connectivity index is 0.000000201. The van der Waals surface area contributed by atoms with E-state index in [0.29, 0.717) is 52.6 Å². The van der Waals surface area contributed by atoms with E-state index >= 15 is 0 Å². The fraction of sp³-hybridized carbons (Fsp3) is 0.231. The molecule has 2 aromatic heterocycles. The second kappa shape index (κ2) is 13.1. The molecule has 0 aliphatic rings. The number of nitrogens with one attached hydrogen (secondary N) is 1. The number of hydrogen-bond donors (Lipinski definition) is 1. The van der Waals surface area contributed by atoms with E-state index in [1.807, 2.05) is 36.4 Å². The number of rotatable bonds is 8. The first kappa shape index (κ1) is 26.5. The molecule has 0 saturated carbocycles. The molecule has 0 bridgehead atoms. The van der Waals surface area contributed by atoms with Gasteiger partial charge in [-0.25, -0.2) is 15.0 Å². The lowest BCUT2D eigenvalue weighted by molar-refractivity contribution is 0.354. The summed E-state index contributed by atoms with van der Waals surface area (Å²) < 4.78 is 20.8. The van der Waals surface area contributed by atoms with Gasteiger partial charge in [0.25, 0.3) is 5.56 Å². The van der Waals surface area contributed by atoms with Crippen LogP contribution in [0.1, 0.15) is 22.8 Å². The normalized spacial score (nSPS) is 10.1. The smallest absolute Gasteiger partial charge is 0.250 e. The first-order valence-electron chi connectivity index (χ1n) is 10.9. The van der Waals surface area contributed by atoms with Gasteiger partial charge in [-0.3, -0.25) is 4.79 Å². The van der Waals surface area contributed by atoms with E-state index < -0.39 is 0 Å². The van der Waals surface area contributed by atoms with E-state index in [1.54, 1.807) is 40.7 Å². The van der Waals surface area contributed by atoms with Gasteiger partial charge < -0.3 is 23.9 Å². The number of nitrogens with zero attached hydrogens (tertiary/aromatic N) is 3. The Kier molecular flexibility index (Phi) is 9.64. The summed E-state index contributed by atoms with van der Waals surface area (Å²) in [4.78, 5) is 26.3. The summed E-state index contributed by atoms with van der Waals surface area (Å²) in [7, 11) is 6.40. The number of ether oxygens (including phenoxy) is 4. The zero-order valence-electron chi connectivity index (χ0n) is 20.4. The highest BCUT2D eigenvalue weighted by molar-refractivity contribution is 6.29. The number of benzene rings is 2. The molecule has 0 unspecified atom stereocenters. The molecule has 188 valence electrons. The van der Waals surface area contributed by atoms with Crippen molar-refractivity contribution < 1.29 is 18.9 Å². The van der Waals surface area contributed by atoms with Crippen LogP contribution in [0.2, 0.25) is 5.15 Å². The highest BCUT2D eigenvalue weighted by Gasteiger charge is 2.07. The standard InChI is InChI=1S/C13H13ClN2O2.C13H14N2O3/c1-17-10-4-3-9(7-11(10)18-2)8-13-15-6-5-12(14)16-13;1-17-10-4-3-9(7-11(10)18-2)8-12-14-6-5-13(16)15-12/h3-7H,8H2,1-2H3;3-7H,8H2,1-2H3,(H,14,15,16). The lowest BCUT2D eigenvalue weighted by Crippen LogP contribution is -2.09. The topological polar surface area (TPSA) is 108 Å². The first-order chi connectivity index (χ1) is 17.4. The minimum absolute atomic E-state index is 0.152. The maximum Gasteiger partial charge on any atom is 0.250 e. The van der Waals surface area contributed by atoms with Crippen molar-refractivity contribution in [3.63, 3.8) is 0 Å².